The Hall–Kier alpha value is -0.640. The SMILES string of the molecule is CCc1ccc(OCC(F)F)c(Br)c1. The summed E-state index contributed by atoms with van der Waals surface area (Å²) in [6.07, 6.45) is -1.53. The molecule has 0 radical (unpaired) electrons. The quantitative estimate of drug-likeness (QED) is 0.807. The van der Waals surface area contributed by atoms with E-state index in [1.807, 2.05) is 19.1 Å². The second kappa shape index (κ2) is 5.29. The van der Waals surface area contributed by atoms with Crippen LogP contribution in [0, 0.1) is 0 Å². The minimum Gasteiger partial charge on any atom is -0.486 e. The third-order valence-corrected chi connectivity index (χ3v) is 2.39. The Balaban J connectivity index is 2.69. The maximum Gasteiger partial charge on any atom is 0.272 e. The Morgan fingerprint density at radius 2 is 2.14 bits per heavy atom. The van der Waals surface area contributed by atoms with Gasteiger partial charge in [0.05, 0.1) is 4.47 Å². The average molecular weight is 265 g/mol. The molecule has 0 aliphatic heterocycles. The van der Waals surface area contributed by atoms with Crippen LogP contribution in [0.15, 0.2) is 22.7 Å². The second-order valence-corrected chi connectivity index (χ2v) is 3.67. The minimum absolute atomic E-state index is 0.461. The Kier molecular flexibility index (Phi) is 4.32. The first-order valence-corrected chi connectivity index (χ1v) is 5.12. The van der Waals surface area contributed by atoms with Gasteiger partial charge in [-0.15, -0.1) is 0 Å². The first-order valence-electron chi connectivity index (χ1n) is 4.33. The molecule has 1 aromatic carbocycles. The molecule has 0 unspecified atom stereocenters. The van der Waals surface area contributed by atoms with Crippen molar-refractivity contribution in [3.63, 3.8) is 0 Å². The Morgan fingerprint density at radius 3 is 2.64 bits per heavy atom. The lowest BCUT2D eigenvalue weighted by molar-refractivity contribution is 0.0815. The van der Waals surface area contributed by atoms with Gasteiger partial charge in [-0.3, -0.25) is 0 Å². The second-order valence-electron chi connectivity index (χ2n) is 2.82. The van der Waals surface area contributed by atoms with Gasteiger partial charge in [-0.05, 0) is 40.0 Å². The van der Waals surface area contributed by atoms with Gasteiger partial charge in [-0.1, -0.05) is 13.0 Å². The molecule has 0 amide bonds. The smallest absolute Gasteiger partial charge is 0.272 e. The zero-order valence-electron chi connectivity index (χ0n) is 7.77. The molecule has 0 N–H and O–H groups in total. The molecule has 0 aromatic heterocycles. The molecule has 14 heavy (non-hydrogen) atoms. The van der Waals surface area contributed by atoms with Crippen LogP contribution in [0.2, 0.25) is 0 Å². The van der Waals surface area contributed by atoms with E-state index in [9.17, 15) is 8.78 Å². The van der Waals surface area contributed by atoms with E-state index in [1.54, 1.807) is 6.07 Å². The van der Waals surface area contributed by atoms with Crippen LogP contribution in [-0.2, 0) is 6.42 Å². The van der Waals surface area contributed by atoms with E-state index >= 15 is 0 Å². The molecular formula is C10H11BrF2O. The third-order valence-electron chi connectivity index (χ3n) is 1.77. The molecule has 78 valence electrons. The van der Waals surface area contributed by atoms with Crippen molar-refractivity contribution in [1.82, 2.24) is 0 Å². The predicted octanol–water partition coefficient (Wildman–Crippen LogP) is 3.66. The summed E-state index contributed by atoms with van der Waals surface area (Å²) in [6, 6.07) is 5.44. The molecule has 0 fully saturated rings. The van der Waals surface area contributed by atoms with E-state index < -0.39 is 13.0 Å². The zero-order chi connectivity index (χ0) is 10.6. The molecule has 0 bridgehead atoms. The topological polar surface area (TPSA) is 9.23 Å². The molecule has 0 heterocycles. The fourth-order valence-electron chi connectivity index (χ4n) is 1.03. The molecule has 0 spiro atoms. The molecule has 0 aliphatic rings. The summed E-state index contributed by atoms with van der Waals surface area (Å²) in [7, 11) is 0. The highest BCUT2D eigenvalue weighted by Gasteiger charge is 2.06. The molecule has 0 aliphatic carbocycles. The number of aryl methyl sites for hydroxylation is 1. The van der Waals surface area contributed by atoms with E-state index in [-0.39, 0.29) is 0 Å². The first kappa shape index (κ1) is 11.4. The summed E-state index contributed by atoms with van der Waals surface area (Å²) in [5, 5.41) is 0. The van der Waals surface area contributed by atoms with Gasteiger partial charge in [-0.25, -0.2) is 8.78 Å². The minimum atomic E-state index is -2.44. The summed E-state index contributed by atoms with van der Waals surface area (Å²) < 4.78 is 29.3. The highest BCUT2D eigenvalue weighted by atomic mass is 79.9. The summed E-state index contributed by atoms with van der Waals surface area (Å²) in [4.78, 5) is 0. The predicted molar refractivity (Wildman–Crippen MR) is 55.0 cm³/mol. The molecular weight excluding hydrogens is 254 g/mol. The van der Waals surface area contributed by atoms with E-state index in [4.69, 9.17) is 4.74 Å². The van der Waals surface area contributed by atoms with Crippen LogP contribution in [0.5, 0.6) is 5.75 Å². The lowest BCUT2D eigenvalue weighted by Gasteiger charge is -2.08. The van der Waals surface area contributed by atoms with Crippen molar-refractivity contribution in [2.24, 2.45) is 0 Å². The van der Waals surface area contributed by atoms with Crippen LogP contribution in [0.3, 0.4) is 0 Å². The average Bonchev–Trinajstić information content (AvgIpc) is 2.15. The monoisotopic (exact) mass is 264 g/mol. The Labute approximate surface area is 90.2 Å². The van der Waals surface area contributed by atoms with Gasteiger partial charge >= 0.3 is 0 Å². The standard InChI is InChI=1S/C10H11BrF2O/c1-2-7-3-4-9(8(11)5-7)14-6-10(12)13/h3-5,10H,2,6H2,1H3. The van der Waals surface area contributed by atoms with Crippen molar-refractivity contribution >= 4 is 15.9 Å². The van der Waals surface area contributed by atoms with Crippen molar-refractivity contribution in [1.29, 1.82) is 0 Å². The van der Waals surface area contributed by atoms with E-state index in [1.165, 1.54) is 0 Å². The summed E-state index contributed by atoms with van der Waals surface area (Å²) in [5.74, 6) is 0.461. The number of benzene rings is 1. The van der Waals surface area contributed by atoms with Gasteiger partial charge in [0.25, 0.3) is 6.43 Å². The van der Waals surface area contributed by atoms with Crippen LogP contribution >= 0.6 is 15.9 Å². The van der Waals surface area contributed by atoms with Gasteiger partial charge in [0.15, 0.2) is 0 Å². The number of rotatable bonds is 4. The highest BCUT2D eigenvalue weighted by molar-refractivity contribution is 9.10. The van der Waals surface area contributed by atoms with Gasteiger partial charge in [0.1, 0.15) is 12.4 Å². The fourth-order valence-corrected chi connectivity index (χ4v) is 1.57. The molecule has 1 rings (SSSR count). The zero-order valence-corrected chi connectivity index (χ0v) is 9.35. The van der Waals surface area contributed by atoms with Crippen LogP contribution in [0.25, 0.3) is 0 Å². The van der Waals surface area contributed by atoms with Crippen LogP contribution in [0.4, 0.5) is 8.78 Å². The number of hydrogen-bond donors (Lipinski definition) is 0. The van der Waals surface area contributed by atoms with E-state index in [2.05, 4.69) is 15.9 Å². The van der Waals surface area contributed by atoms with Gasteiger partial charge < -0.3 is 4.74 Å². The summed E-state index contributed by atoms with van der Waals surface area (Å²) >= 11 is 3.27. The number of ether oxygens (including phenoxy) is 1. The highest BCUT2D eigenvalue weighted by Crippen LogP contribution is 2.26. The maximum atomic E-state index is 11.9. The van der Waals surface area contributed by atoms with Crippen molar-refractivity contribution in [2.75, 3.05) is 6.61 Å². The number of hydrogen-bond acceptors (Lipinski definition) is 1. The molecule has 1 nitrogen and oxygen atoms in total. The summed E-state index contributed by atoms with van der Waals surface area (Å²) in [6.45, 7) is 1.46. The number of halogens is 3. The molecule has 1 aromatic rings. The normalized spacial score (nSPS) is 10.6. The van der Waals surface area contributed by atoms with Crippen LogP contribution in [0.1, 0.15) is 12.5 Å². The van der Waals surface area contributed by atoms with Crippen molar-refractivity contribution in [3.8, 4) is 5.75 Å². The van der Waals surface area contributed by atoms with Gasteiger partial charge in [0, 0.05) is 0 Å². The largest absolute Gasteiger partial charge is 0.486 e. The van der Waals surface area contributed by atoms with Crippen LogP contribution in [-0.4, -0.2) is 13.0 Å². The Bertz CT molecular complexity index is 302. The van der Waals surface area contributed by atoms with Gasteiger partial charge in [-0.2, -0.15) is 0 Å². The third kappa shape index (κ3) is 3.25. The van der Waals surface area contributed by atoms with E-state index in [0.29, 0.717) is 5.75 Å². The van der Waals surface area contributed by atoms with Crippen molar-refractivity contribution < 1.29 is 13.5 Å². The molecule has 0 saturated carbocycles. The summed E-state index contributed by atoms with van der Waals surface area (Å²) in [5.41, 5.74) is 1.14. The fraction of sp³-hybridized carbons (Fsp3) is 0.400. The van der Waals surface area contributed by atoms with E-state index in [0.717, 1.165) is 16.5 Å². The molecule has 4 heteroatoms. The Morgan fingerprint density at radius 1 is 1.43 bits per heavy atom. The maximum absolute atomic E-state index is 11.9. The van der Waals surface area contributed by atoms with Crippen molar-refractivity contribution in [3.05, 3.63) is 28.2 Å². The molecule has 0 atom stereocenters. The molecule has 0 saturated heterocycles. The lowest BCUT2D eigenvalue weighted by atomic mass is 10.2. The van der Waals surface area contributed by atoms with Gasteiger partial charge in [0.2, 0.25) is 0 Å². The van der Waals surface area contributed by atoms with Crippen LogP contribution < -0.4 is 4.74 Å². The number of alkyl halides is 2. The first-order chi connectivity index (χ1) is 6.63. The lowest BCUT2D eigenvalue weighted by Crippen LogP contribution is -2.07. The van der Waals surface area contributed by atoms with Crippen molar-refractivity contribution in [2.45, 2.75) is 19.8 Å².